The quantitative estimate of drug-likeness (QED) is 0.161. The summed E-state index contributed by atoms with van der Waals surface area (Å²) in [7, 11) is 0. The van der Waals surface area contributed by atoms with Crippen molar-refractivity contribution >= 4 is 70.0 Å². The number of hydrogen-bond donors (Lipinski definition) is 0. The number of rotatable bonds is 20. The van der Waals surface area contributed by atoms with Crippen molar-refractivity contribution in [3.8, 4) is 0 Å². The van der Waals surface area contributed by atoms with Gasteiger partial charge in [0.05, 0.1) is 0 Å². The molecule has 2 atom stereocenters. The summed E-state index contributed by atoms with van der Waals surface area (Å²) in [5.74, 6) is -5.37. The molecule has 0 N–H and O–H groups in total. The molecule has 0 aliphatic heterocycles. The monoisotopic (exact) mass is 504 g/mol. The second-order valence-corrected chi connectivity index (χ2v) is 8.26. The van der Waals surface area contributed by atoms with Gasteiger partial charge >= 0.3 is 46.1 Å². The van der Waals surface area contributed by atoms with Gasteiger partial charge in [0.1, 0.15) is 0 Å². The second kappa shape index (κ2) is 28.6. The van der Waals surface area contributed by atoms with Crippen molar-refractivity contribution in [2.75, 3.05) is 0 Å². The summed E-state index contributed by atoms with van der Waals surface area (Å²) in [6, 6.07) is 0. The van der Waals surface area contributed by atoms with Gasteiger partial charge in [-0.1, -0.05) is 65.2 Å². The van der Waals surface area contributed by atoms with E-state index in [0.717, 1.165) is 51.4 Å². The average Bonchev–Trinajstić information content (AvgIpc) is 2.71. The van der Waals surface area contributed by atoms with Crippen LogP contribution in [0.4, 0.5) is 0 Å². The van der Waals surface area contributed by atoms with Gasteiger partial charge in [0.2, 0.25) is 0 Å². The SMILES string of the molecule is CCCCCCC(CCCC(=O)[O-])C(=O)[O-].CCCCCCC(CCCC(=O)[O-])C(=O)[O-].[Mg+2].[Mg+2]. The molecule has 0 aliphatic rings. The first kappa shape index (κ1) is 40.6. The minimum Gasteiger partial charge on any atom is -0.550 e. The summed E-state index contributed by atoms with van der Waals surface area (Å²) in [4.78, 5) is 41.9. The van der Waals surface area contributed by atoms with Crippen molar-refractivity contribution in [3.63, 3.8) is 0 Å². The van der Waals surface area contributed by atoms with Crippen molar-refractivity contribution in [2.45, 2.75) is 117 Å². The van der Waals surface area contributed by atoms with E-state index >= 15 is 0 Å². The Morgan fingerprint density at radius 2 is 0.794 bits per heavy atom. The van der Waals surface area contributed by atoms with Crippen LogP contribution in [0.1, 0.15) is 117 Å². The molecule has 2 unspecified atom stereocenters. The normalized spacial score (nSPS) is 11.6. The maximum atomic E-state index is 10.8. The van der Waals surface area contributed by atoms with Crippen LogP contribution in [0, 0.1) is 11.8 Å². The fraction of sp³-hybridized carbons (Fsp3) is 0.833. The number of carbonyl (C=O) groups excluding carboxylic acids is 4. The molecule has 0 saturated carbocycles. The summed E-state index contributed by atoms with van der Waals surface area (Å²) in [6.07, 6.45) is 10.8. The van der Waals surface area contributed by atoms with Gasteiger partial charge < -0.3 is 39.6 Å². The Morgan fingerprint density at radius 3 is 1.03 bits per heavy atom. The van der Waals surface area contributed by atoms with E-state index in [1.807, 2.05) is 0 Å². The molecule has 0 heterocycles. The van der Waals surface area contributed by atoms with E-state index in [-0.39, 0.29) is 58.9 Å². The second-order valence-electron chi connectivity index (χ2n) is 8.26. The van der Waals surface area contributed by atoms with Crippen molar-refractivity contribution < 1.29 is 39.6 Å². The first-order valence-corrected chi connectivity index (χ1v) is 12.0. The molecule has 10 heteroatoms. The molecule has 188 valence electrons. The van der Waals surface area contributed by atoms with Crippen LogP contribution in [0.25, 0.3) is 0 Å². The van der Waals surface area contributed by atoms with Crippen LogP contribution < -0.4 is 20.4 Å². The van der Waals surface area contributed by atoms with Crippen LogP contribution in [0.5, 0.6) is 0 Å². The van der Waals surface area contributed by atoms with Gasteiger partial charge in [0, 0.05) is 23.9 Å². The summed E-state index contributed by atoms with van der Waals surface area (Å²) < 4.78 is 0. The fourth-order valence-electron chi connectivity index (χ4n) is 3.38. The first-order valence-electron chi connectivity index (χ1n) is 12.0. The van der Waals surface area contributed by atoms with E-state index in [0.29, 0.717) is 38.5 Å². The van der Waals surface area contributed by atoms with Gasteiger partial charge in [0.25, 0.3) is 0 Å². The number of aliphatic carboxylic acids is 4. The predicted octanol–water partition coefficient (Wildman–Crippen LogP) is -0.275. The maximum Gasteiger partial charge on any atom is 2.00 e. The molecule has 0 amide bonds. The average molecular weight is 505 g/mol. The van der Waals surface area contributed by atoms with E-state index in [1.165, 1.54) is 0 Å². The van der Waals surface area contributed by atoms with Gasteiger partial charge in [0.15, 0.2) is 0 Å². The van der Waals surface area contributed by atoms with E-state index in [9.17, 15) is 39.6 Å². The van der Waals surface area contributed by atoms with Crippen LogP contribution >= 0.6 is 0 Å². The molecule has 0 spiro atoms. The topological polar surface area (TPSA) is 161 Å². The number of carboxylic acids is 4. The Balaban J connectivity index is -0.000000250. The van der Waals surface area contributed by atoms with Crippen LogP contribution in [-0.4, -0.2) is 70.0 Å². The third-order valence-corrected chi connectivity index (χ3v) is 5.35. The molecule has 0 aromatic heterocycles. The van der Waals surface area contributed by atoms with E-state index < -0.39 is 35.7 Å². The van der Waals surface area contributed by atoms with Gasteiger partial charge in [-0.3, -0.25) is 0 Å². The van der Waals surface area contributed by atoms with Gasteiger partial charge in [-0.05, 0) is 63.2 Å². The van der Waals surface area contributed by atoms with E-state index in [2.05, 4.69) is 13.8 Å². The third-order valence-electron chi connectivity index (χ3n) is 5.35. The molecular formula is C24H40Mg2O8. The minimum atomic E-state index is -1.12. The molecule has 0 saturated heterocycles. The molecule has 0 bridgehead atoms. The Labute approximate surface area is 237 Å². The zero-order chi connectivity index (χ0) is 24.8. The molecule has 0 aromatic carbocycles. The van der Waals surface area contributed by atoms with Crippen LogP contribution in [0.3, 0.4) is 0 Å². The zero-order valence-corrected chi connectivity index (χ0v) is 24.0. The Hall–Kier alpha value is -0.588. The van der Waals surface area contributed by atoms with Crippen molar-refractivity contribution in [1.82, 2.24) is 0 Å². The molecule has 8 nitrogen and oxygen atoms in total. The van der Waals surface area contributed by atoms with Crippen molar-refractivity contribution in [2.24, 2.45) is 11.8 Å². The third kappa shape index (κ3) is 29.4. The fourth-order valence-corrected chi connectivity index (χ4v) is 3.38. The predicted molar refractivity (Wildman–Crippen MR) is 124 cm³/mol. The summed E-state index contributed by atoms with van der Waals surface area (Å²) in [6.45, 7) is 4.19. The number of carboxylic acid groups (broad SMARTS) is 4. The zero-order valence-electron chi connectivity index (χ0n) is 21.1. The van der Waals surface area contributed by atoms with Crippen LogP contribution in [0.2, 0.25) is 0 Å². The molecule has 0 fully saturated rings. The van der Waals surface area contributed by atoms with Gasteiger partial charge in [-0.25, -0.2) is 0 Å². The van der Waals surface area contributed by atoms with Crippen molar-refractivity contribution in [1.29, 1.82) is 0 Å². The summed E-state index contributed by atoms with van der Waals surface area (Å²) >= 11 is 0. The molecule has 0 rings (SSSR count). The molecule has 34 heavy (non-hydrogen) atoms. The standard InChI is InChI=1S/2C12H22O4.2Mg/c2*1-2-3-4-5-7-10(12(15)16)8-6-9-11(13)14;;/h2*10H,2-9H2,1H3,(H,13,14)(H,15,16);;/q;;2*+2/p-4. The van der Waals surface area contributed by atoms with E-state index in [4.69, 9.17) is 0 Å². The maximum absolute atomic E-state index is 10.8. The Bertz CT molecular complexity index is 483. The molecular weight excluding hydrogens is 465 g/mol. The number of unbranched alkanes of at least 4 members (excludes halogenated alkanes) is 6. The smallest absolute Gasteiger partial charge is 0.550 e. The first-order chi connectivity index (χ1) is 15.1. The molecule has 0 aliphatic carbocycles. The van der Waals surface area contributed by atoms with Gasteiger partial charge in [-0.2, -0.15) is 0 Å². The number of hydrogen-bond acceptors (Lipinski definition) is 8. The van der Waals surface area contributed by atoms with Crippen LogP contribution in [-0.2, 0) is 19.2 Å². The minimum absolute atomic E-state index is 0. The summed E-state index contributed by atoms with van der Waals surface area (Å²) in [5.41, 5.74) is 0. The summed E-state index contributed by atoms with van der Waals surface area (Å²) in [5, 5.41) is 41.9. The molecule has 0 aromatic rings. The Morgan fingerprint density at radius 1 is 0.500 bits per heavy atom. The van der Waals surface area contributed by atoms with Crippen LogP contribution in [0.15, 0.2) is 0 Å². The van der Waals surface area contributed by atoms with E-state index in [1.54, 1.807) is 0 Å². The largest absolute Gasteiger partial charge is 2.00 e. The number of carbonyl (C=O) groups is 4. The van der Waals surface area contributed by atoms with Crippen molar-refractivity contribution in [3.05, 3.63) is 0 Å². The Kier molecular flexibility index (Phi) is 34.2. The van der Waals surface area contributed by atoms with Gasteiger partial charge in [-0.15, -0.1) is 0 Å². The molecule has 0 radical (unpaired) electrons.